The SMILES string of the molecule is CC[C@@H](C(=O)NCC1(OC)CCSCC1)c1ccccc1. The molecule has 0 aliphatic carbocycles. The fourth-order valence-electron chi connectivity index (χ4n) is 2.83. The highest BCUT2D eigenvalue weighted by Gasteiger charge is 2.33. The molecule has 1 fully saturated rings. The molecule has 116 valence electrons. The third-order valence-corrected chi connectivity index (χ3v) is 5.33. The maximum atomic E-state index is 12.5. The third kappa shape index (κ3) is 4.24. The van der Waals surface area contributed by atoms with Crippen LogP contribution in [0.15, 0.2) is 30.3 Å². The van der Waals surface area contributed by atoms with Gasteiger partial charge in [0.15, 0.2) is 0 Å². The number of hydrogen-bond acceptors (Lipinski definition) is 3. The summed E-state index contributed by atoms with van der Waals surface area (Å²) in [4.78, 5) is 12.5. The van der Waals surface area contributed by atoms with Crippen LogP contribution in [0.1, 0.15) is 37.7 Å². The molecule has 1 aromatic rings. The minimum absolute atomic E-state index is 0.0712. The molecule has 1 N–H and O–H groups in total. The van der Waals surface area contributed by atoms with E-state index in [1.165, 1.54) is 0 Å². The fraction of sp³-hybridized carbons (Fsp3) is 0.588. The van der Waals surface area contributed by atoms with Crippen molar-refractivity contribution in [3.8, 4) is 0 Å². The zero-order chi connectivity index (χ0) is 15.1. The van der Waals surface area contributed by atoms with Crippen molar-refractivity contribution in [3.63, 3.8) is 0 Å². The monoisotopic (exact) mass is 307 g/mol. The second-order valence-corrected chi connectivity index (χ2v) is 6.81. The maximum absolute atomic E-state index is 12.5. The molecule has 21 heavy (non-hydrogen) atoms. The Labute approximate surface area is 131 Å². The first-order valence-electron chi connectivity index (χ1n) is 7.66. The van der Waals surface area contributed by atoms with Gasteiger partial charge in [0.1, 0.15) is 0 Å². The Balaban J connectivity index is 1.96. The van der Waals surface area contributed by atoms with Crippen LogP contribution < -0.4 is 5.32 Å². The number of methoxy groups -OCH3 is 1. The Morgan fingerprint density at radius 1 is 1.33 bits per heavy atom. The van der Waals surface area contributed by atoms with Crippen molar-refractivity contribution in [3.05, 3.63) is 35.9 Å². The molecule has 1 aromatic carbocycles. The van der Waals surface area contributed by atoms with Crippen LogP contribution in [-0.2, 0) is 9.53 Å². The molecule has 2 rings (SSSR count). The van der Waals surface area contributed by atoms with Crippen LogP contribution in [0.2, 0.25) is 0 Å². The molecule has 1 aliphatic heterocycles. The Bertz CT molecular complexity index is 443. The normalized spacial score (nSPS) is 19.0. The standard InChI is InChI=1S/C17H25NO2S/c1-3-15(14-7-5-4-6-8-14)16(19)18-13-17(20-2)9-11-21-12-10-17/h4-8,15H,3,9-13H2,1-2H3,(H,18,19)/t15-/m1/s1. The molecule has 1 amide bonds. The number of ether oxygens (including phenoxy) is 1. The highest BCUT2D eigenvalue weighted by atomic mass is 32.2. The van der Waals surface area contributed by atoms with E-state index in [2.05, 4.69) is 12.2 Å². The van der Waals surface area contributed by atoms with Crippen LogP contribution >= 0.6 is 11.8 Å². The smallest absolute Gasteiger partial charge is 0.227 e. The first-order valence-corrected chi connectivity index (χ1v) is 8.82. The highest BCUT2D eigenvalue weighted by Crippen LogP contribution is 2.29. The van der Waals surface area contributed by atoms with Gasteiger partial charge >= 0.3 is 0 Å². The van der Waals surface area contributed by atoms with Gasteiger partial charge in [0.25, 0.3) is 0 Å². The van der Waals surface area contributed by atoms with E-state index < -0.39 is 0 Å². The lowest BCUT2D eigenvalue weighted by molar-refractivity contribution is -0.124. The number of carbonyl (C=O) groups excluding carboxylic acids is 1. The van der Waals surface area contributed by atoms with Crippen molar-refractivity contribution in [2.45, 2.75) is 37.7 Å². The summed E-state index contributed by atoms with van der Waals surface area (Å²) < 4.78 is 5.72. The predicted molar refractivity (Wildman–Crippen MR) is 88.8 cm³/mol. The molecule has 1 atom stereocenters. The van der Waals surface area contributed by atoms with E-state index >= 15 is 0 Å². The summed E-state index contributed by atoms with van der Waals surface area (Å²) in [6.45, 7) is 2.67. The number of hydrogen-bond donors (Lipinski definition) is 1. The minimum Gasteiger partial charge on any atom is -0.376 e. The molecule has 0 bridgehead atoms. The molecule has 1 aliphatic rings. The quantitative estimate of drug-likeness (QED) is 0.877. The summed E-state index contributed by atoms with van der Waals surface area (Å²) in [5.41, 5.74) is 0.916. The largest absolute Gasteiger partial charge is 0.376 e. The lowest BCUT2D eigenvalue weighted by Crippen LogP contribution is -2.47. The first-order chi connectivity index (χ1) is 10.2. The number of nitrogens with one attached hydrogen (secondary N) is 1. The van der Waals surface area contributed by atoms with E-state index in [0.717, 1.165) is 36.3 Å². The van der Waals surface area contributed by atoms with Gasteiger partial charge in [-0.15, -0.1) is 0 Å². The van der Waals surface area contributed by atoms with E-state index in [1.54, 1.807) is 7.11 Å². The summed E-state index contributed by atoms with van der Waals surface area (Å²) >= 11 is 1.96. The van der Waals surface area contributed by atoms with E-state index in [4.69, 9.17) is 4.74 Å². The zero-order valence-electron chi connectivity index (χ0n) is 12.9. The average Bonchev–Trinajstić information content (AvgIpc) is 2.55. The van der Waals surface area contributed by atoms with Gasteiger partial charge in [0, 0.05) is 13.7 Å². The van der Waals surface area contributed by atoms with Gasteiger partial charge < -0.3 is 10.1 Å². The second-order valence-electron chi connectivity index (χ2n) is 5.59. The van der Waals surface area contributed by atoms with Crippen LogP contribution in [0.3, 0.4) is 0 Å². The van der Waals surface area contributed by atoms with Crippen molar-refractivity contribution in [2.75, 3.05) is 25.2 Å². The summed E-state index contributed by atoms with van der Waals surface area (Å²) in [6.07, 6.45) is 2.83. The number of amides is 1. The lowest BCUT2D eigenvalue weighted by Gasteiger charge is -2.36. The molecule has 0 unspecified atom stereocenters. The van der Waals surface area contributed by atoms with Crippen LogP contribution in [0.25, 0.3) is 0 Å². The van der Waals surface area contributed by atoms with Gasteiger partial charge in [0.2, 0.25) is 5.91 Å². The van der Waals surface area contributed by atoms with E-state index in [1.807, 2.05) is 42.1 Å². The van der Waals surface area contributed by atoms with Crippen molar-refractivity contribution >= 4 is 17.7 Å². The van der Waals surface area contributed by atoms with Crippen molar-refractivity contribution in [1.82, 2.24) is 5.32 Å². The molecular formula is C17H25NO2S. The Kier molecular flexibility index (Phi) is 6.12. The van der Waals surface area contributed by atoms with Crippen LogP contribution in [0.4, 0.5) is 0 Å². The zero-order valence-corrected chi connectivity index (χ0v) is 13.7. The van der Waals surface area contributed by atoms with Gasteiger partial charge in [0.05, 0.1) is 11.5 Å². The number of carbonyl (C=O) groups is 1. The van der Waals surface area contributed by atoms with Crippen molar-refractivity contribution in [2.24, 2.45) is 0 Å². The Morgan fingerprint density at radius 2 is 2.00 bits per heavy atom. The highest BCUT2D eigenvalue weighted by molar-refractivity contribution is 7.99. The second kappa shape index (κ2) is 7.85. The number of thioether (sulfide) groups is 1. The molecule has 4 heteroatoms. The first kappa shape index (κ1) is 16.4. The molecular weight excluding hydrogens is 282 g/mol. The topological polar surface area (TPSA) is 38.3 Å². The minimum atomic E-state index is -0.171. The molecule has 1 heterocycles. The summed E-state index contributed by atoms with van der Waals surface area (Å²) in [5, 5.41) is 3.12. The van der Waals surface area contributed by atoms with Gasteiger partial charge in [-0.1, -0.05) is 37.3 Å². The third-order valence-electron chi connectivity index (χ3n) is 4.35. The van der Waals surface area contributed by atoms with Gasteiger partial charge in [-0.3, -0.25) is 4.79 Å². The maximum Gasteiger partial charge on any atom is 0.227 e. The van der Waals surface area contributed by atoms with Gasteiger partial charge in [-0.25, -0.2) is 0 Å². The Morgan fingerprint density at radius 3 is 2.57 bits per heavy atom. The molecule has 0 spiro atoms. The summed E-state index contributed by atoms with van der Waals surface area (Å²) in [5.74, 6) is 2.26. The molecule has 0 saturated carbocycles. The average molecular weight is 307 g/mol. The van der Waals surface area contributed by atoms with Crippen LogP contribution in [0, 0.1) is 0 Å². The van der Waals surface area contributed by atoms with E-state index in [0.29, 0.717) is 6.54 Å². The molecule has 0 radical (unpaired) electrons. The lowest BCUT2D eigenvalue weighted by atomic mass is 9.93. The van der Waals surface area contributed by atoms with Gasteiger partial charge in [-0.05, 0) is 36.3 Å². The predicted octanol–water partition coefficient (Wildman–Crippen LogP) is 3.21. The van der Waals surface area contributed by atoms with E-state index in [-0.39, 0.29) is 17.4 Å². The molecule has 1 saturated heterocycles. The number of rotatable bonds is 6. The molecule has 3 nitrogen and oxygen atoms in total. The van der Waals surface area contributed by atoms with Crippen LogP contribution in [-0.4, -0.2) is 36.7 Å². The Hall–Kier alpha value is -1.00. The van der Waals surface area contributed by atoms with Crippen LogP contribution in [0.5, 0.6) is 0 Å². The van der Waals surface area contributed by atoms with Crippen molar-refractivity contribution in [1.29, 1.82) is 0 Å². The summed E-state index contributed by atoms with van der Waals surface area (Å²) in [7, 11) is 1.76. The van der Waals surface area contributed by atoms with Gasteiger partial charge in [-0.2, -0.15) is 11.8 Å². The van der Waals surface area contributed by atoms with E-state index in [9.17, 15) is 4.79 Å². The molecule has 0 aromatic heterocycles. The van der Waals surface area contributed by atoms with Crippen molar-refractivity contribution < 1.29 is 9.53 Å². The number of benzene rings is 1. The summed E-state index contributed by atoms with van der Waals surface area (Å²) in [6, 6.07) is 10.0. The fourth-order valence-corrected chi connectivity index (χ4v) is 4.06.